The molecule has 1 amide bonds. The minimum absolute atomic E-state index is 0.0641. The highest BCUT2D eigenvalue weighted by atomic mass is 35.5. The van der Waals surface area contributed by atoms with Gasteiger partial charge in [0, 0.05) is 22.7 Å². The second-order valence-corrected chi connectivity index (χ2v) is 7.90. The molecule has 0 radical (unpaired) electrons. The Morgan fingerprint density at radius 3 is 2.38 bits per heavy atom. The van der Waals surface area contributed by atoms with Gasteiger partial charge in [0.2, 0.25) is 11.1 Å². The summed E-state index contributed by atoms with van der Waals surface area (Å²) in [6, 6.07) is 14.2. The average molecular weight is 452 g/mol. The first-order valence-corrected chi connectivity index (χ1v) is 10.4. The first kappa shape index (κ1) is 21.3. The van der Waals surface area contributed by atoms with E-state index in [9.17, 15) is 4.79 Å². The van der Waals surface area contributed by atoms with Crippen LogP contribution in [0.25, 0.3) is 11.4 Å². The van der Waals surface area contributed by atoms with Crippen molar-refractivity contribution in [3.05, 3.63) is 58.6 Å². The SMILES string of the molecule is CN(CCOc1ccc(Cl)cc1)C(=O)CSc1nnc(-c2ccc(Cl)cc2)n1N. The number of thioether (sulfide) groups is 1. The quantitative estimate of drug-likeness (QED) is 0.415. The molecule has 29 heavy (non-hydrogen) atoms. The summed E-state index contributed by atoms with van der Waals surface area (Å²) in [5, 5.41) is 9.89. The normalized spacial score (nSPS) is 10.7. The molecule has 2 N–H and O–H groups in total. The Morgan fingerprint density at radius 1 is 1.10 bits per heavy atom. The van der Waals surface area contributed by atoms with E-state index in [1.165, 1.54) is 16.4 Å². The maximum absolute atomic E-state index is 12.3. The molecule has 0 saturated carbocycles. The van der Waals surface area contributed by atoms with Crippen molar-refractivity contribution in [1.29, 1.82) is 0 Å². The fourth-order valence-electron chi connectivity index (χ4n) is 2.36. The van der Waals surface area contributed by atoms with Crippen LogP contribution in [-0.2, 0) is 4.79 Å². The summed E-state index contributed by atoms with van der Waals surface area (Å²) in [4.78, 5) is 13.9. The second-order valence-electron chi connectivity index (χ2n) is 6.09. The molecule has 0 aliphatic rings. The summed E-state index contributed by atoms with van der Waals surface area (Å²) in [5.41, 5.74) is 0.791. The number of amides is 1. The van der Waals surface area contributed by atoms with Gasteiger partial charge in [0.05, 0.1) is 12.3 Å². The highest BCUT2D eigenvalue weighted by Gasteiger charge is 2.15. The number of nitrogen functional groups attached to an aromatic ring is 1. The Hall–Kier alpha value is -2.42. The van der Waals surface area contributed by atoms with Crippen molar-refractivity contribution in [3.8, 4) is 17.1 Å². The van der Waals surface area contributed by atoms with E-state index in [2.05, 4.69) is 10.2 Å². The average Bonchev–Trinajstić information content (AvgIpc) is 3.08. The second kappa shape index (κ2) is 9.87. The van der Waals surface area contributed by atoms with Gasteiger partial charge >= 0.3 is 0 Å². The first-order valence-electron chi connectivity index (χ1n) is 8.65. The van der Waals surface area contributed by atoms with Crippen molar-refractivity contribution in [2.24, 2.45) is 0 Å². The molecule has 7 nitrogen and oxygen atoms in total. The van der Waals surface area contributed by atoms with E-state index in [0.29, 0.717) is 39.9 Å². The fourth-order valence-corrected chi connectivity index (χ4v) is 3.41. The van der Waals surface area contributed by atoms with Crippen molar-refractivity contribution in [1.82, 2.24) is 19.8 Å². The molecule has 152 valence electrons. The molecule has 3 aromatic rings. The lowest BCUT2D eigenvalue weighted by Crippen LogP contribution is -2.32. The number of hydrogen-bond donors (Lipinski definition) is 1. The number of carbonyl (C=O) groups excluding carboxylic acids is 1. The van der Waals surface area contributed by atoms with Crippen LogP contribution in [-0.4, -0.2) is 51.6 Å². The zero-order valence-corrected chi connectivity index (χ0v) is 17.9. The van der Waals surface area contributed by atoms with Gasteiger partial charge in [-0.1, -0.05) is 35.0 Å². The molecule has 1 aromatic heterocycles. The topological polar surface area (TPSA) is 86.3 Å². The van der Waals surface area contributed by atoms with Crippen LogP contribution >= 0.6 is 35.0 Å². The number of halogens is 2. The Kier molecular flexibility index (Phi) is 7.24. The molecule has 0 aliphatic heterocycles. The smallest absolute Gasteiger partial charge is 0.232 e. The molecule has 0 saturated heterocycles. The van der Waals surface area contributed by atoms with Gasteiger partial charge in [0.1, 0.15) is 12.4 Å². The third-order valence-electron chi connectivity index (χ3n) is 4.03. The van der Waals surface area contributed by atoms with Gasteiger partial charge in [-0.15, -0.1) is 10.2 Å². The predicted molar refractivity (Wildman–Crippen MR) is 116 cm³/mol. The molecule has 3 rings (SSSR count). The summed E-state index contributed by atoms with van der Waals surface area (Å²) >= 11 is 13.0. The Balaban J connectivity index is 1.48. The zero-order valence-electron chi connectivity index (χ0n) is 15.6. The minimum Gasteiger partial charge on any atom is -0.492 e. The van der Waals surface area contributed by atoms with Gasteiger partial charge < -0.3 is 15.5 Å². The number of likely N-dealkylation sites (N-methyl/N-ethyl adjacent to an activating group) is 1. The molecular formula is C19H19Cl2N5O2S. The molecule has 0 aliphatic carbocycles. The highest BCUT2D eigenvalue weighted by Crippen LogP contribution is 2.23. The maximum Gasteiger partial charge on any atom is 0.232 e. The first-order chi connectivity index (χ1) is 13.9. The number of benzene rings is 2. The number of aromatic nitrogens is 3. The van der Waals surface area contributed by atoms with Gasteiger partial charge in [-0.3, -0.25) is 4.79 Å². The molecule has 0 unspecified atom stereocenters. The summed E-state index contributed by atoms with van der Waals surface area (Å²) in [6.45, 7) is 0.829. The number of ether oxygens (including phenoxy) is 1. The Bertz CT molecular complexity index is 964. The van der Waals surface area contributed by atoms with Gasteiger partial charge in [-0.2, -0.15) is 0 Å². The maximum atomic E-state index is 12.3. The Labute approximate surface area is 182 Å². The van der Waals surface area contributed by atoms with Crippen molar-refractivity contribution in [3.63, 3.8) is 0 Å². The summed E-state index contributed by atoms with van der Waals surface area (Å²) in [5.74, 6) is 7.40. The van der Waals surface area contributed by atoms with Gasteiger partial charge in [0.25, 0.3) is 0 Å². The molecule has 10 heteroatoms. The van der Waals surface area contributed by atoms with E-state index in [4.69, 9.17) is 33.8 Å². The standard InChI is InChI=1S/C19H19Cl2N5O2S/c1-25(10-11-28-16-8-6-15(21)7-9-16)17(27)12-29-19-24-23-18(26(19)22)13-2-4-14(20)5-3-13/h2-9H,10-12,22H2,1H3. The van der Waals surface area contributed by atoms with Crippen LogP contribution < -0.4 is 10.6 Å². The number of nitrogens with zero attached hydrogens (tertiary/aromatic N) is 4. The number of hydrogen-bond acceptors (Lipinski definition) is 6. The summed E-state index contributed by atoms with van der Waals surface area (Å²) in [6.07, 6.45) is 0. The molecule has 0 bridgehead atoms. The van der Waals surface area contributed by atoms with Crippen LogP contribution in [0.15, 0.2) is 53.7 Å². The lowest BCUT2D eigenvalue weighted by molar-refractivity contribution is -0.127. The van der Waals surface area contributed by atoms with Crippen molar-refractivity contribution >= 4 is 40.9 Å². The lowest BCUT2D eigenvalue weighted by Gasteiger charge is -2.17. The molecule has 2 aromatic carbocycles. The number of carbonyl (C=O) groups is 1. The van der Waals surface area contributed by atoms with Gasteiger partial charge in [0.15, 0.2) is 5.82 Å². The largest absolute Gasteiger partial charge is 0.492 e. The van der Waals surface area contributed by atoms with Crippen molar-refractivity contribution < 1.29 is 9.53 Å². The highest BCUT2D eigenvalue weighted by molar-refractivity contribution is 7.99. The monoisotopic (exact) mass is 451 g/mol. The van der Waals surface area contributed by atoms with Crippen molar-refractivity contribution in [2.45, 2.75) is 5.16 Å². The molecule has 0 fully saturated rings. The molecule has 0 spiro atoms. The summed E-state index contributed by atoms with van der Waals surface area (Å²) < 4.78 is 6.98. The van der Waals surface area contributed by atoms with Gasteiger partial charge in [-0.05, 0) is 48.5 Å². The Morgan fingerprint density at radius 2 is 1.72 bits per heavy atom. The van der Waals surface area contributed by atoms with Crippen molar-refractivity contribution in [2.75, 3.05) is 31.8 Å². The van der Waals surface area contributed by atoms with E-state index in [-0.39, 0.29) is 11.7 Å². The minimum atomic E-state index is -0.0641. The van der Waals surface area contributed by atoms with Crippen LogP contribution in [0.3, 0.4) is 0 Å². The molecule has 0 atom stereocenters. The van der Waals surface area contributed by atoms with E-state index < -0.39 is 0 Å². The summed E-state index contributed by atoms with van der Waals surface area (Å²) in [7, 11) is 1.72. The number of nitrogens with two attached hydrogens (primary N) is 1. The van der Waals surface area contributed by atoms with Crippen LogP contribution in [0.1, 0.15) is 0 Å². The van der Waals surface area contributed by atoms with Crippen LogP contribution in [0.5, 0.6) is 5.75 Å². The van der Waals surface area contributed by atoms with E-state index in [0.717, 1.165) is 5.56 Å². The number of rotatable bonds is 8. The third-order valence-corrected chi connectivity index (χ3v) is 5.46. The third kappa shape index (κ3) is 5.79. The lowest BCUT2D eigenvalue weighted by atomic mass is 10.2. The molecular weight excluding hydrogens is 433 g/mol. The van der Waals surface area contributed by atoms with Gasteiger partial charge in [-0.25, -0.2) is 4.68 Å². The van der Waals surface area contributed by atoms with Crippen LogP contribution in [0, 0.1) is 0 Å². The van der Waals surface area contributed by atoms with Crippen LogP contribution in [0.2, 0.25) is 10.0 Å². The van der Waals surface area contributed by atoms with E-state index in [1.54, 1.807) is 48.3 Å². The fraction of sp³-hybridized carbons (Fsp3) is 0.211. The molecule has 1 heterocycles. The van der Waals surface area contributed by atoms with Crippen LogP contribution in [0.4, 0.5) is 0 Å². The zero-order chi connectivity index (χ0) is 20.8. The van der Waals surface area contributed by atoms with E-state index >= 15 is 0 Å². The van der Waals surface area contributed by atoms with E-state index in [1.807, 2.05) is 12.1 Å². The predicted octanol–water partition coefficient (Wildman–Crippen LogP) is 3.60.